The molecule has 0 radical (unpaired) electrons. The molecule has 0 heterocycles. The number of hydrogen-bond donors (Lipinski definition) is 1. The molecule has 3 aromatic rings. The first-order valence-electron chi connectivity index (χ1n) is 10.3. The fraction of sp³-hybridized carbons (Fsp3) is 0.280. The quantitative estimate of drug-likeness (QED) is 0.412. The van der Waals surface area contributed by atoms with Crippen molar-refractivity contribution in [3.8, 4) is 0 Å². The van der Waals surface area contributed by atoms with Gasteiger partial charge in [0.05, 0.1) is 18.3 Å². The second kappa shape index (κ2) is 11.4. The summed E-state index contributed by atoms with van der Waals surface area (Å²) in [5.74, 6) is 0. The maximum Gasteiger partial charge on any atom is 0.332 e. The van der Waals surface area contributed by atoms with Crippen LogP contribution >= 0.6 is 7.60 Å². The van der Waals surface area contributed by atoms with Gasteiger partial charge in [0.2, 0.25) is 0 Å². The van der Waals surface area contributed by atoms with Crippen molar-refractivity contribution in [2.24, 2.45) is 0 Å². The van der Waals surface area contributed by atoms with Gasteiger partial charge in [-0.05, 0) is 16.7 Å². The smallest absolute Gasteiger partial charge is 0.332 e. The van der Waals surface area contributed by atoms with Crippen molar-refractivity contribution in [3.05, 3.63) is 108 Å². The molecule has 0 unspecified atom stereocenters. The summed E-state index contributed by atoms with van der Waals surface area (Å²) in [7, 11) is -0.698. The Labute approximate surface area is 184 Å². The third kappa shape index (κ3) is 6.60. The zero-order valence-corrected chi connectivity index (χ0v) is 18.9. The molecule has 3 rings (SSSR count). The van der Waals surface area contributed by atoms with Crippen molar-refractivity contribution in [1.82, 2.24) is 4.90 Å². The monoisotopic (exact) mass is 439 g/mol. The van der Waals surface area contributed by atoms with Gasteiger partial charge in [-0.1, -0.05) is 91.0 Å². The Morgan fingerprint density at radius 2 is 1.19 bits per heavy atom. The molecule has 0 aliphatic heterocycles. The van der Waals surface area contributed by atoms with Crippen LogP contribution in [0.2, 0.25) is 0 Å². The lowest BCUT2D eigenvalue weighted by atomic mass is 9.98. The van der Waals surface area contributed by atoms with Gasteiger partial charge in [-0.25, -0.2) is 0 Å². The lowest BCUT2D eigenvalue weighted by Crippen LogP contribution is -2.38. The second-order valence-corrected chi connectivity index (χ2v) is 9.77. The summed E-state index contributed by atoms with van der Waals surface area (Å²) in [6.07, 6.45) is -1.06. The van der Waals surface area contributed by atoms with Crippen molar-refractivity contribution in [2.45, 2.75) is 25.2 Å². The number of aliphatic hydroxyl groups is 1. The first-order valence-corrected chi connectivity index (χ1v) is 12.0. The fourth-order valence-electron chi connectivity index (χ4n) is 3.77. The highest BCUT2D eigenvalue weighted by molar-refractivity contribution is 7.53. The predicted octanol–water partition coefficient (Wildman–Crippen LogP) is 5.28. The van der Waals surface area contributed by atoms with Gasteiger partial charge in [-0.3, -0.25) is 9.46 Å². The molecule has 0 spiro atoms. The van der Waals surface area contributed by atoms with Crippen molar-refractivity contribution < 1.29 is 18.7 Å². The van der Waals surface area contributed by atoms with Gasteiger partial charge in [-0.15, -0.1) is 0 Å². The van der Waals surface area contributed by atoms with Crippen molar-refractivity contribution in [3.63, 3.8) is 0 Å². The Balaban J connectivity index is 1.99. The topological polar surface area (TPSA) is 59.0 Å². The largest absolute Gasteiger partial charge is 0.390 e. The van der Waals surface area contributed by atoms with Crippen LogP contribution < -0.4 is 0 Å². The van der Waals surface area contributed by atoms with Crippen LogP contribution in [0.1, 0.15) is 22.7 Å². The number of aliphatic hydroxyl groups excluding tert-OH is 1. The lowest BCUT2D eigenvalue weighted by molar-refractivity contribution is 0.0478. The van der Waals surface area contributed by atoms with Crippen LogP contribution in [-0.2, 0) is 26.7 Å². The SMILES string of the molecule is COP(=O)(C[C@H](O)[C@H](c1ccccc1)N(Cc1ccccc1)Cc1ccccc1)OC. The van der Waals surface area contributed by atoms with Gasteiger partial charge >= 0.3 is 7.60 Å². The molecule has 0 bridgehead atoms. The van der Waals surface area contributed by atoms with E-state index in [0.717, 1.165) is 16.7 Å². The Morgan fingerprint density at radius 3 is 1.61 bits per heavy atom. The molecule has 1 N–H and O–H groups in total. The van der Waals surface area contributed by atoms with Crippen molar-refractivity contribution in [1.29, 1.82) is 0 Å². The van der Waals surface area contributed by atoms with E-state index in [2.05, 4.69) is 29.2 Å². The Hall–Kier alpha value is -2.27. The molecule has 5 nitrogen and oxygen atoms in total. The summed E-state index contributed by atoms with van der Waals surface area (Å²) in [5, 5.41) is 11.3. The van der Waals surface area contributed by atoms with Gasteiger partial charge in [-0.2, -0.15) is 0 Å². The van der Waals surface area contributed by atoms with Crippen molar-refractivity contribution >= 4 is 7.60 Å². The van der Waals surface area contributed by atoms with E-state index in [1.54, 1.807) is 0 Å². The van der Waals surface area contributed by atoms with Gasteiger partial charge < -0.3 is 14.2 Å². The highest BCUT2D eigenvalue weighted by Crippen LogP contribution is 2.48. The Bertz CT molecular complexity index is 904. The third-order valence-electron chi connectivity index (χ3n) is 5.32. The molecule has 0 aliphatic rings. The first kappa shape index (κ1) is 23.4. The Morgan fingerprint density at radius 1 is 0.774 bits per heavy atom. The van der Waals surface area contributed by atoms with E-state index in [-0.39, 0.29) is 6.16 Å². The number of rotatable bonds is 11. The predicted molar refractivity (Wildman–Crippen MR) is 124 cm³/mol. The molecule has 0 aliphatic carbocycles. The molecule has 0 saturated carbocycles. The van der Waals surface area contributed by atoms with Crippen LogP contribution in [-0.4, -0.2) is 36.5 Å². The average Bonchev–Trinajstić information content (AvgIpc) is 2.81. The standard InChI is InChI=1S/C25H30NO4P/c1-29-31(28,30-2)20-24(27)25(23-16-10-5-11-17-23)26(18-21-12-6-3-7-13-21)19-22-14-8-4-9-15-22/h3-17,24-25,27H,18-20H2,1-2H3/t24-,25-/m0/s1. The molecule has 3 aromatic carbocycles. The number of nitrogens with zero attached hydrogens (tertiary/aromatic N) is 1. The summed E-state index contributed by atoms with van der Waals surface area (Å²) in [6.45, 7) is 1.24. The average molecular weight is 439 g/mol. The minimum absolute atomic E-state index is 0.0976. The number of benzene rings is 3. The maximum atomic E-state index is 12.8. The summed E-state index contributed by atoms with van der Waals surface area (Å²) in [6, 6.07) is 29.7. The van der Waals surface area contributed by atoms with E-state index in [0.29, 0.717) is 13.1 Å². The number of hydrogen-bond acceptors (Lipinski definition) is 5. The first-order chi connectivity index (χ1) is 15.0. The van der Waals surface area contributed by atoms with Crippen LogP contribution in [0, 0.1) is 0 Å². The zero-order valence-electron chi connectivity index (χ0n) is 18.0. The molecular weight excluding hydrogens is 409 g/mol. The van der Waals surface area contributed by atoms with E-state index in [1.807, 2.05) is 66.7 Å². The van der Waals surface area contributed by atoms with E-state index in [1.165, 1.54) is 14.2 Å². The normalized spacial score (nSPS) is 13.8. The molecule has 31 heavy (non-hydrogen) atoms. The Kier molecular flexibility index (Phi) is 8.59. The second-order valence-electron chi connectivity index (χ2n) is 7.46. The minimum Gasteiger partial charge on any atom is -0.390 e. The van der Waals surface area contributed by atoms with Crippen LogP contribution in [0.25, 0.3) is 0 Å². The van der Waals surface area contributed by atoms with Crippen LogP contribution in [0.4, 0.5) is 0 Å². The van der Waals surface area contributed by atoms with Crippen LogP contribution in [0.3, 0.4) is 0 Å². The van der Waals surface area contributed by atoms with Gasteiger partial charge in [0.1, 0.15) is 0 Å². The van der Waals surface area contributed by atoms with Crippen LogP contribution in [0.15, 0.2) is 91.0 Å². The summed E-state index contributed by atoms with van der Waals surface area (Å²) >= 11 is 0. The van der Waals surface area contributed by atoms with Gasteiger partial charge in [0.25, 0.3) is 0 Å². The zero-order chi connectivity index (χ0) is 22.1. The van der Waals surface area contributed by atoms with E-state index in [9.17, 15) is 9.67 Å². The molecule has 0 amide bonds. The van der Waals surface area contributed by atoms with E-state index >= 15 is 0 Å². The molecular formula is C25H30NO4P. The van der Waals surface area contributed by atoms with Crippen molar-refractivity contribution in [2.75, 3.05) is 20.4 Å². The molecule has 0 fully saturated rings. The fourth-order valence-corrected chi connectivity index (χ4v) is 4.87. The molecule has 6 heteroatoms. The summed E-state index contributed by atoms with van der Waals surface area (Å²) in [4.78, 5) is 2.21. The molecule has 0 saturated heterocycles. The van der Waals surface area contributed by atoms with Crippen LogP contribution in [0.5, 0.6) is 0 Å². The molecule has 2 atom stereocenters. The van der Waals surface area contributed by atoms with Gasteiger partial charge in [0, 0.05) is 27.3 Å². The highest BCUT2D eigenvalue weighted by atomic mass is 31.2. The van der Waals surface area contributed by atoms with Gasteiger partial charge in [0.15, 0.2) is 0 Å². The molecule has 0 aromatic heterocycles. The highest BCUT2D eigenvalue weighted by Gasteiger charge is 2.34. The van der Waals surface area contributed by atoms with E-state index < -0.39 is 19.7 Å². The molecule has 164 valence electrons. The summed E-state index contributed by atoms with van der Waals surface area (Å²) < 4.78 is 23.0. The maximum absolute atomic E-state index is 12.8. The third-order valence-corrected chi connectivity index (χ3v) is 7.26. The minimum atomic E-state index is -3.39. The lowest BCUT2D eigenvalue weighted by Gasteiger charge is -2.36. The van der Waals surface area contributed by atoms with E-state index in [4.69, 9.17) is 9.05 Å². The summed E-state index contributed by atoms with van der Waals surface area (Å²) in [5.41, 5.74) is 3.21.